The molecule has 21 heavy (non-hydrogen) atoms. The molecule has 4 heteroatoms. The van der Waals surface area contributed by atoms with Gasteiger partial charge in [-0.25, -0.2) is 0 Å². The first kappa shape index (κ1) is 15.8. The summed E-state index contributed by atoms with van der Waals surface area (Å²) in [4.78, 5) is 0. The van der Waals surface area contributed by atoms with Crippen LogP contribution in [0.2, 0.25) is 5.02 Å². The summed E-state index contributed by atoms with van der Waals surface area (Å²) in [5.74, 6) is 0.776. The highest BCUT2D eigenvalue weighted by molar-refractivity contribution is 6.31. The second kappa shape index (κ2) is 7.46. The van der Waals surface area contributed by atoms with Crippen molar-refractivity contribution in [3.63, 3.8) is 0 Å². The molecule has 0 aliphatic rings. The van der Waals surface area contributed by atoms with Crippen molar-refractivity contribution < 1.29 is 9.84 Å². The number of aliphatic hydroxyl groups is 1. The smallest absolute Gasteiger partial charge is 0.119 e. The maximum atomic E-state index is 9.67. The first-order valence-corrected chi connectivity index (χ1v) is 7.28. The van der Waals surface area contributed by atoms with Crippen LogP contribution in [0.25, 0.3) is 0 Å². The molecule has 2 rings (SSSR count). The fourth-order valence-corrected chi connectivity index (χ4v) is 2.63. The molecule has 0 aliphatic carbocycles. The largest absolute Gasteiger partial charge is 0.497 e. The highest BCUT2D eigenvalue weighted by Crippen LogP contribution is 2.26. The number of nitrogens with one attached hydrogen (secondary N) is 1. The van der Waals surface area contributed by atoms with Gasteiger partial charge in [0.05, 0.1) is 19.8 Å². The van der Waals surface area contributed by atoms with Gasteiger partial charge in [0, 0.05) is 11.1 Å². The Bertz CT molecular complexity index is 589. The van der Waals surface area contributed by atoms with Gasteiger partial charge in [0.1, 0.15) is 5.75 Å². The van der Waals surface area contributed by atoms with Gasteiger partial charge in [-0.05, 0) is 36.2 Å². The Morgan fingerprint density at radius 1 is 1.19 bits per heavy atom. The topological polar surface area (TPSA) is 41.5 Å². The molecule has 0 bridgehead atoms. The monoisotopic (exact) mass is 305 g/mol. The predicted molar refractivity (Wildman–Crippen MR) is 85.8 cm³/mol. The molecule has 0 spiro atoms. The molecule has 2 unspecified atom stereocenters. The molecule has 0 aromatic heterocycles. The van der Waals surface area contributed by atoms with E-state index in [0.717, 1.165) is 21.9 Å². The molecule has 0 amide bonds. The summed E-state index contributed by atoms with van der Waals surface area (Å²) >= 11 is 6.22. The van der Waals surface area contributed by atoms with Crippen LogP contribution < -0.4 is 10.1 Å². The van der Waals surface area contributed by atoms with Crippen molar-refractivity contribution in [3.8, 4) is 5.75 Å². The van der Waals surface area contributed by atoms with Gasteiger partial charge < -0.3 is 15.2 Å². The van der Waals surface area contributed by atoms with Crippen molar-refractivity contribution >= 4 is 11.6 Å². The highest BCUT2D eigenvalue weighted by Gasteiger charge is 2.16. The lowest BCUT2D eigenvalue weighted by molar-refractivity contribution is 0.235. The number of rotatable bonds is 6. The molecular formula is C17H20ClNO2. The van der Waals surface area contributed by atoms with Crippen LogP contribution in [-0.4, -0.2) is 18.8 Å². The zero-order valence-electron chi connectivity index (χ0n) is 12.2. The first-order chi connectivity index (χ1) is 10.2. The van der Waals surface area contributed by atoms with Crippen molar-refractivity contribution in [2.45, 2.75) is 19.0 Å². The lowest BCUT2D eigenvalue weighted by Gasteiger charge is -2.23. The summed E-state index contributed by atoms with van der Waals surface area (Å²) in [5, 5.41) is 13.8. The van der Waals surface area contributed by atoms with Gasteiger partial charge in [-0.2, -0.15) is 0 Å². The van der Waals surface area contributed by atoms with E-state index >= 15 is 0 Å². The van der Waals surface area contributed by atoms with Crippen LogP contribution in [0.3, 0.4) is 0 Å². The Kier molecular flexibility index (Phi) is 5.62. The fourth-order valence-electron chi connectivity index (χ4n) is 2.33. The molecule has 2 aromatic carbocycles. The molecule has 0 heterocycles. The molecule has 3 nitrogen and oxygen atoms in total. The third-order valence-electron chi connectivity index (χ3n) is 3.50. The van der Waals surface area contributed by atoms with E-state index < -0.39 is 0 Å². The third kappa shape index (κ3) is 3.97. The summed E-state index contributed by atoms with van der Waals surface area (Å²) in [7, 11) is 1.63. The van der Waals surface area contributed by atoms with Gasteiger partial charge in [0.2, 0.25) is 0 Å². The van der Waals surface area contributed by atoms with Crippen molar-refractivity contribution in [2.24, 2.45) is 0 Å². The molecule has 0 fully saturated rings. The lowest BCUT2D eigenvalue weighted by Crippen LogP contribution is -2.27. The Morgan fingerprint density at radius 3 is 2.62 bits per heavy atom. The Hall–Kier alpha value is -1.55. The van der Waals surface area contributed by atoms with Crippen LogP contribution in [0.1, 0.15) is 30.1 Å². The summed E-state index contributed by atoms with van der Waals surface area (Å²) < 4.78 is 5.23. The van der Waals surface area contributed by atoms with E-state index in [-0.39, 0.29) is 18.7 Å². The van der Waals surface area contributed by atoms with Crippen molar-refractivity contribution in [3.05, 3.63) is 64.7 Å². The van der Waals surface area contributed by atoms with Crippen molar-refractivity contribution in [1.29, 1.82) is 0 Å². The van der Waals surface area contributed by atoms with Crippen LogP contribution >= 0.6 is 11.6 Å². The van der Waals surface area contributed by atoms with Gasteiger partial charge in [-0.3, -0.25) is 0 Å². The Balaban J connectivity index is 2.17. The highest BCUT2D eigenvalue weighted by atomic mass is 35.5. The minimum absolute atomic E-state index is 0.00194. The van der Waals surface area contributed by atoms with Gasteiger partial charge in [-0.1, -0.05) is 41.9 Å². The molecule has 0 aliphatic heterocycles. The second-order valence-corrected chi connectivity index (χ2v) is 5.33. The van der Waals surface area contributed by atoms with E-state index in [4.69, 9.17) is 16.3 Å². The van der Waals surface area contributed by atoms with Gasteiger partial charge in [0.15, 0.2) is 0 Å². The zero-order chi connectivity index (χ0) is 15.2. The molecule has 0 radical (unpaired) electrons. The van der Waals surface area contributed by atoms with Crippen LogP contribution in [0.4, 0.5) is 0 Å². The molecule has 2 N–H and O–H groups in total. The Morgan fingerprint density at radius 2 is 1.95 bits per heavy atom. The van der Waals surface area contributed by atoms with Crippen molar-refractivity contribution in [2.75, 3.05) is 13.7 Å². The summed E-state index contributed by atoms with van der Waals surface area (Å²) in [6.07, 6.45) is 0. The third-order valence-corrected chi connectivity index (χ3v) is 3.85. The maximum absolute atomic E-state index is 9.67. The number of benzene rings is 2. The maximum Gasteiger partial charge on any atom is 0.119 e. The minimum atomic E-state index is -0.175. The average Bonchev–Trinajstić information content (AvgIpc) is 2.52. The van der Waals surface area contributed by atoms with Crippen LogP contribution in [0.5, 0.6) is 5.75 Å². The minimum Gasteiger partial charge on any atom is -0.497 e. The molecular weight excluding hydrogens is 286 g/mol. The number of methoxy groups -OCH3 is 1. The van der Waals surface area contributed by atoms with E-state index in [9.17, 15) is 5.11 Å². The quantitative estimate of drug-likeness (QED) is 0.854. The molecule has 0 saturated heterocycles. The van der Waals surface area contributed by atoms with Crippen molar-refractivity contribution in [1.82, 2.24) is 5.32 Å². The van der Waals surface area contributed by atoms with Gasteiger partial charge >= 0.3 is 0 Å². The van der Waals surface area contributed by atoms with Gasteiger partial charge in [0.25, 0.3) is 0 Å². The predicted octanol–water partition coefficient (Wildman–Crippen LogP) is 3.73. The number of halogens is 1. The number of hydrogen-bond donors (Lipinski definition) is 2. The second-order valence-electron chi connectivity index (χ2n) is 4.92. The SMILES string of the molecule is COc1cccc(C(CO)NC(C)c2ccccc2Cl)c1. The van der Waals surface area contributed by atoms with Crippen LogP contribution in [-0.2, 0) is 0 Å². The van der Waals surface area contributed by atoms with E-state index in [1.165, 1.54) is 0 Å². The Labute approximate surface area is 130 Å². The molecule has 112 valence electrons. The fraction of sp³-hybridized carbons (Fsp3) is 0.294. The van der Waals surface area contributed by atoms with Gasteiger partial charge in [-0.15, -0.1) is 0 Å². The standard InChI is InChI=1S/C17H20ClNO2/c1-12(15-8-3-4-9-16(15)18)19-17(11-20)13-6-5-7-14(10-13)21-2/h3-10,12,17,19-20H,11H2,1-2H3. The summed E-state index contributed by atoms with van der Waals surface area (Å²) in [5.41, 5.74) is 2.00. The average molecular weight is 306 g/mol. The van der Waals surface area contributed by atoms with E-state index in [1.54, 1.807) is 7.11 Å². The number of hydrogen-bond acceptors (Lipinski definition) is 3. The van der Waals surface area contributed by atoms with Crippen LogP contribution in [0, 0.1) is 0 Å². The van der Waals surface area contributed by atoms with E-state index in [2.05, 4.69) is 5.32 Å². The molecule has 2 aromatic rings. The van der Waals surface area contributed by atoms with E-state index in [1.807, 2.05) is 55.5 Å². The zero-order valence-corrected chi connectivity index (χ0v) is 13.0. The van der Waals surface area contributed by atoms with E-state index in [0.29, 0.717) is 0 Å². The summed E-state index contributed by atoms with van der Waals surface area (Å²) in [6, 6.07) is 15.3. The number of ether oxygens (including phenoxy) is 1. The lowest BCUT2D eigenvalue weighted by atomic mass is 10.0. The number of aliphatic hydroxyl groups excluding tert-OH is 1. The first-order valence-electron chi connectivity index (χ1n) is 6.91. The summed E-state index contributed by atoms with van der Waals surface area (Å²) in [6.45, 7) is 2.03. The molecule has 2 atom stereocenters. The normalized spacial score (nSPS) is 13.7. The van der Waals surface area contributed by atoms with Crippen LogP contribution in [0.15, 0.2) is 48.5 Å². The molecule has 0 saturated carbocycles.